The molecule has 2 aromatic carbocycles. The molecule has 1 fully saturated rings. The summed E-state index contributed by atoms with van der Waals surface area (Å²) in [6.45, 7) is 0.644. The van der Waals surface area contributed by atoms with Crippen molar-refractivity contribution in [3.05, 3.63) is 63.7 Å². The number of hydrogen-bond acceptors (Lipinski definition) is 3. The van der Waals surface area contributed by atoms with Crippen molar-refractivity contribution >= 4 is 40.1 Å². The highest BCUT2D eigenvalue weighted by Gasteiger charge is 2.41. The molecule has 1 heterocycles. The van der Waals surface area contributed by atoms with Crippen LogP contribution in [-0.4, -0.2) is 29.8 Å². The quantitative estimate of drug-likeness (QED) is 0.564. The maximum absolute atomic E-state index is 12.7. The second-order valence-electron chi connectivity index (χ2n) is 5.66. The topological polar surface area (TPSA) is 40.6 Å². The average Bonchev–Trinajstić information content (AvgIpc) is 2.84. The summed E-state index contributed by atoms with van der Waals surface area (Å²) in [5, 5.41) is 0. The first-order valence-corrected chi connectivity index (χ1v) is 8.50. The third-order valence-corrected chi connectivity index (χ3v) is 4.73. The van der Waals surface area contributed by atoms with Gasteiger partial charge in [0.2, 0.25) is 5.91 Å². The molecule has 118 valence electrons. The number of carbonyl (C=O) groups excluding carboxylic acids is 2. The van der Waals surface area contributed by atoms with Crippen LogP contribution in [0.2, 0.25) is 0 Å². The van der Waals surface area contributed by atoms with Crippen LogP contribution >= 0.6 is 22.6 Å². The maximum Gasteiger partial charge on any atom is 0.251 e. The van der Waals surface area contributed by atoms with Gasteiger partial charge in [-0.05, 0) is 59.5 Å². The first kappa shape index (κ1) is 16.1. The van der Waals surface area contributed by atoms with Crippen LogP contribution in [-0.2, 0) is 16.1 Å². The number of anilines is 1. The van der Waals surface area contributed by atoms with Gasteiger partial charge in [0.05, 0.1) is 18.2 Å². The summed E-state index contributed by atoms with van der Waals surface area (Å²) in [5.74, 6) is -0.282. The van der Waals surface area contributed by atoms with Crippen molar-refractivity contribution in [2.75, 3.05) is 11.9 Å². The maximum atomic E-state index is 12.7. The molecule has 5 heteroatoms. The van der Waals surface area contributed by atoms with E-state index in [9.17, 15) is 9.59 Å². The summed E-state index contributed by atoms with van der Waals surface area (Å²) in [5.41, 5.74) is 1.78. The minimum atomic E-state index is -0.401. The Hall–Kier alpha value is -1.73. The van der Waals surface area contributed by atoms with Crippen molar-refractivity contribution in [2.45, 2.75) is 19.0 Å². The van der Waals surface area contributed by atoms with E-state index in [1.807, 2.05) is 66.5 Å². The lowest BCUT2D eigenvalue weighted by Gasteiger charge is -2.23. The highest BCUT2D eigenvalue weighted by atomic mass is 127. The van der Waals surface area contributed by atoms with Crippen LogP contribution in [0.4, 0.5) is 5.69 Å². The van der Waals surface area contributed by atoms with E-state index in [2.05, 4.69) is 22.6 Å². The van der Waals surface area contributed by atoms with Gasteiger partial charge in [-0.3, -0.25) is 14.5 Å². The third kappa shape index (κ3) is 3.45. The summed E-state index contributed by atoms with van der Waals surface area (Å²) in [6, 6.07) is 17.0. The van der Waals surface area contributed by atoms with E-state index in [0.29, 0.717) is 12.2 Å². The summed E-state index contributed by atoms with van der Waals surface area (Å²) in [6.07, 6.45) is 0.230. The number of rotatable bonds is 4. The molecule has 23 heavy (non-hydrogen) atoms. The van der Waals surface area contributed by atoms with Gasteiger partial charge in [0.1, 0.15) is 0 Å². The molecule has 2 aromatic rings. The average molecular weight is 420 g/mol. The zero-order valence-electron chi connectivity index (χ0n) is 12.8. The number of nitrogens with zero attached hydrogens (tertiary/aromatic N) is 2. The normalized spacial score (nSPS) is 18.0. The molecule has 2 amide bonds. The summed E-state index contributed by atoms with van der Waals surface area (Å²) in [4.78, 5) is 28.3. The van der Waals surface area contributed by atoms with Crippen molar-refractivity contribution < 1.29 is 9.59 Å². The molecule has 0 saturated carbocycles. The molecule has 3 rings (SSSR count). The van der Waals surface area contributed by atoms with Gasteiger partial charge in [0, 0.05) is 10.1 Å². The van der Waals surface area contributed by atoms with E-state index in [0.717, 1.165) is 9.13 Å². The number of carbonyl (C=O) groups is 2. The summed E-state index contributed by atoms with van der Waals surface area (Å²) in [7, 11) is 1.89. The molecule has 4 nitrogen and oxygen atoms in total. The second-order valence-corrected chi connectivity index (χ2v) is 6.91. The molecular weight excluding hydrogens is 403 g/mol. The van der Waals surface area contributed by atoms with Gasteiger partial charge in [-0.1, -0.05) is 30.3 Å². The van der Waals surface area contributed by atoms with Crippen LogP contribution in [0.1, 0.15) is 12.0 Å². The van der Waals surface area contributed by atoms with Gasteiger partial charge >= 0.3 is 0 Å². The van der Waals surface area contributed by atoms with E-state index in [1.54, 1.807) is 0 Å². The number of benzene rings is 2. The highest BCUT2D eigenvalue weighted by Crippen LogP contribution is 2.26. The lowest BCUT2D eigenvalue weighted by atomic mass is 10.1. The standard InChI is InChI=1S/C18H17IN2O2/c1-20(12-13-5-3-2-4-6-13)16-11-17(22)21(18(16)23)15-9-7-14(19)8-10-15/h2-10,16H,11-12H2,1H3/t16-/m0/s1. The third-order valence-electron chi connectivity index (χ3n) is 4.01. The van der Waals surface area contributed by atoms with Crippen molar-refractivity contribution in [2.24, 2.45) is 0 Å². The fraction of sp³-hybridized carbons (Fsp3) is 0.222. The zero-order valence-corrected chi connectivity index (χ0v) is 14.9. The molecule has 0 aromatic heterocycles. The fourth-order valence-corrected chi connectivity index (χ4v) is 3.16. The van der Waals surface area contributed by atoms with Gasteiger partial charge in [0.25, 0.3) is 5.91 Å². The van der Waals surface area contributed by atoms with E-state index in [-0.39, 0.29) is 18.2 Å². The molecule has 0 radical (unpaired) electrons. The number of imide groups is 1. The largest absolute Gasteiger partial charge is 0.290 e. The van der Waals surface area contributed by atoms with Crippen LogP contribution in [0, 0.1) is 3.57 Å². The second kappa shape index (κ2) is 6.80. The van der Waals surface area contributed by atoms with E-state index < -0.39 is 6.04 Å². The monoisotopic (exact) mass is 420 g/mol. The SMILES string of the molecule is CN(Cc1ccccc1)[C@H]1CC(=O)N(c2ccc(I)cc2)C1=O. The first-order chi connectivity index (χ1) is 11.1. The molecule has 0 N–H and O–H groups in total. The van der Waals surface area contributed by atoms with Gasteiger partial charge in [0.15, 0.2) is 0 Å². The number of halogens is 1. The smallest absolute Gasteiger partial charge is 0.251 e. The van der Waals surface area contributed by atoms with Crippen molar-refractivity contribution in [3.8, 4) is 0 Å². The molecule has 0 spiro atoms. The summed E-state index contributed by atoms with van der Waals surface area (Å²) >= 11 is 2.20. The lowest BCUT2D eigenvalue weighted by Crippen LogP contribution is -2.39. The Morgan fingerprint density at radius 2 is 1.74 bits per heavy atom. The minimum absolute atomic E-state index is 0.138. The van der Waals surface area contributed by atoms with Gasteiger partial charge in [-0.15, -0.1) is 0 Å². The Bertz CT molecular complexity index is 716. The molecule has 1 aliphatic rings. The molecule has 0 unspecified atom stereocenters. The van der Waals surface area contributed by atoms with E-state index >= 15 is 0 Å². The molecule has 0 bridgehead atoms. The fourth-order valence-electron chi connectivity index (χ4n) is 2.80. The molecule has 0 aliphatic carbocycles. The predicted octanol–water partition coefficient (Wildman–Crippen LogP) is 3.06. The van der Waals surface area contributed by atoms with Crippen LogP contribution in [0.15, 0.2) is 54.6 Å². The van der Waals surface area contributed by atoms with E-state index in [1.165, 1.54) is 4.90 Å². The summed E-state index contributed by atoms with van der Waals surface area (Å²) < 4.78 is 1.07. The number of amides is 2. The Labute approximate surface area is 149 Å². The molecular formula is C18H17IN2O2. The molecule has 1 saturated heterocycles. The Balaban J connectivity index is 1.76. The van der Waals surface area contributed by atoms with Crippen molar-refractivity contribution in [1.82, 2.24) is 4.90 Å². The van der Waals surface area contributed by atoms with Crippen molar-refractivity contribution in [1.29, 1.82) is 0 Å². The van der Waals surface area contributed by atoms with Gasteiger partial charge < -0.3 is 0 Å². The Morgan fingerprint density at radius 3 is 2.39 bits per heavy atom. The van der Waals surface area contributed by atoms with E-state index in [4.69, 9.17) is 0 Å². The van der Waals surface area contributed by atoms with Crippen LogP contribution in [0.5, 0.6) is 0 Å². The van der Waals surface area contributed by atoms with Gasteiger partial charge in [-0.2, -0.15) is 0 Å². The van der Waals surface area contributed by atoms with Gasteiger partial charge in [-0.25, -0.2) is 4.90 Å². The molecule has 1 atom stereocenters. The highest BCUT2D eigenvalue weighted by molar-refractivity contribution is 14.1. The molecule has 1 aliphatic heterocycles. The predicted molar refractivity (Wildman–Crippen MR) is 98.0 cm³/mol. The van der Waals surface area contributed by atoms with Crippen LogP contribution < -0.4 is 4.90 Å². The number of hydrogen-bond donors (Lipinski definition) is 0. The number of likely N-dealkylation sites (N-methyl/N-ethyl adjacent to an activating group) is 1. The Kier molecular flexibility index (Phi) is 4.77. The lowest BCUT2D eigenvalue weighted by molar-refractivity contribution is -0.122. The minimum Gasteiger partial charge on any atom is -0.290 e. The Morgan fingerprint density at radius 1 is 1.09 bits per heavy atom. The van der Waals surface area contributed by atoms with Crippen LogP contribution in [0.25, 0.3) is 0 Å². The first-order valence-electron chi connectivity index (χ1n) is 7.43. The van der Waals surface area contributed by atoms with Crippen molar-refractivity contribution in [3.63, 3.8) is 0 Å². The van der Waals surface area contributed by atoms with Crippen LogP contribution in [0.3, 0.4) is 0 Å². The zero-order chi connectivity index (χ0) is 16.4.